The van der Waals surface area contributed by atoms with E-state index in [1.165, 1.54) is 7.11 Å². The molecule has 0 aliphatic rings. The summed E-state index contributed by atoms with van der Waals surface area (Å²) in [5.41, 5.74) is 2.64. The van der Waals surface area contributed by atoms with Crippen LogP contribution in [0, 0.1) is 0 Å². The molecule has 0 fully saturated rings. The topological polar surface area (TPSA) is 79.7 Å². The van der Waals surface area contributed by atoms with Crippen LogP contribution in [0.5, 0.6) is 11.5 Å². The molecule has 0 radical (unpaired) electrons. The van der Waals surface area contributed by atoms with Gasteiger partial charge in [-0.15, -0.1) is 0 Å². The molecular formula is C20H21NO4. The van der Waals surface area contributed by atoms with E-state index in [9.17, 15) is 15.0 Å². The minimum atomic E-state index is -1.19. The van der Waals surface area contributed by atoms with Crippen molar-refractivity contribution >= 4 is 18.1 Å². The standard InChI is InChI=1S/C20H21NO4/c1-13(2)4-7-16-17(25-3)12-15(18(19(16)22)20(23)24)6-5-14-8-10-21-11-9-14/h4-6,8-12,22H,7H2,1-3H3,(H,23,24)/b6-5+. The Kier molecular flexibility index (Phi) is 5.95. The predicted molar refractivity (Wildman–Crippen MR) is 97.9 cm³/mol. The van der Waals surface area contributed by atoms with Crippen LogP contribution in [0.2, 0.25) is 0 Å². The van der Waals surface area contributed by atoms with Crippen molar-refractivity contribution < 1.29 is 19.7 Å². The smallest absolute Gasteiger partial charge is 0.340 e. The van der Waals surface area contributed by atoms with E-state index >= 15 is 0 Å². The summed E-state index contributed by atoms with van der Waals surface area (Å²) < 4.78 is 5.36. The van der Waals surface area contributed by atoms with Gasteiger partial charge < -0.3 is 14.9 Å². The van der Waals surface area contributed by atoms with E-state index in [4.69, 9.17) is 4.74 Å². The second kappa shape index (κ2) is 8.15. The fourth-order valence-corrected chi connectivity index (χ4v) is 2.41. The number of carbonyl (C=O) groups is 1. The zero-order valence-electron chi connectivity index (χ0n) is 14.5. The van der Waals surface area contributed by atoms with Crippen LogP contribution in [0.1, 0.15) is 40.9 Å². The van der Waals surface area contributed by atoms with Crippen molar-refractivity contribution in [1.29, 1.82) is 0 Å². The minimum absolute atomic E-state index is 0.136. The number of nitrogens with zero attached hydrogens (tertiary/aromatic N) is 1. The quantitative estimate of drug-likeness (QED) is 0.772. The highest BCUT2D eigenvalue weighted by Gasteiger charge is 2.21. The first-order valence-corrected chi connectivity index (χ1v) is 7.81. The van der Waals surface area contributed by atoms with Crippen LogP contribution in [0.15, 0.2) is 42.2 Å². The Labute approximate surface area is 146 Å². The number of phenols is 1. The van der Waals surface area contributed by atoms with E-state index in [2.05, 4.69) is 4.98 Å². The minimum Gasteiger partial charge on any atom is -0.507 e. The van der Waals surface area contributed by atoms with Gasteiger partial charge in [-0.3, -0.25) is 4.98 Å². The van der Waals surface area contributed by atoms with Crippen molar-refractivity contribution in [3.63, 3.8) is 0 Å². The van der Waals surface area contributed by atoms with Crippen LogP contribution in [0.4, 0.5) is 0 Å². The molecule has 0 atom stereocenters. The molecule has 0 aliphatic carbocycles. The number of pyridine rings is 1. The number of carboxylic acids is 1. The summed E-state index contributed by atoms with van der Waals surface area (Å²) in [6.45, 7) is 3.88. The number of aromatic hydroxyl groups is 1. The highest BCUT2D eigenvalue weighted by atomic mass is 16.5. The Morgan fingerprint density at radius 3 is 2.48 bits per heavy atom. The number of aromatic nitrogens is 1. The third kappa shape index (κ3) is 4.47. The molecule has 0 unspecified atom stereocenters. The van der Waals surface area contributed by atoms with Crippen LogP contribution < -0.4 is 4.74 Å². The van der Waals surface area contributed by atoms with E-state index in [0.29, 0.717) is 23.3 Å². The summed E-state index contributed by atoms with van der Waals surface area (Å²) in [7, 11) is 1.50. The van der Waals surface area contributed by atoms with Crippen LogP contribution >= 0.6 is 0 Å². The summed E-state index contributed by atoms with van der Waals surface area (Å²) in [6.07, 6.45) is 9.02. The van der Waals surface area contributed by atoms with Gasteiger partial charge in [0, 0.05) is 18.0 Å². The molecule has 1 aromatic heterocycles. The molecule has 0 aliphatic heterocycles. The molecule has 5 heteroatoms. The molecule has 1 heterocycles. The maximum atomic E-state index is 11.7. The van der Waals surface area contributed by atoms with Gasteiger partial charge in [-0.05, 0) is 49.6 Å². The number of allylic oxidation sites excluding steroid dienone is 2. The molecule has 2 aromatic rings. The van der Waals surface area contributed by atoms with Crippen LogP contribution in [0.3, 0.4) is 0 Å². The molecule has 1 aromatic carbocycles. The molecule has 130 valence electrons. The van der Waals surface area contributed by atoms with Gasteiger partial charge in [0.15, 0.2) is 0 Å². The molecule has 25 heavy (non-hydrogen) atoms. The molecule has 5 nitrogen and oxygen atoms in total. The van der Waals surface area contributed by atoms with Gasteiger partial charge >= 0.3 is 5.97 Å². The SMILES string of the molecule is COc1cc(/C=C/c2ccncc2)c(C(=O)O)c(O)c1CC=C(C)C. The number of benzene rings is 1. The van der Waals surface area contributed by atoms with Gasteiger partial charge in [-0.2, -0.15) is 0 Å². The van der Waals surface area contributed by atoms with Gasteiger partial charge in [0.05, 0.1) is 7.11 Å². The molecule has 0 bridgehead atoms. The summed E-state index contributed by atoms with van der Waals surface area (Å²) in [6, 6.07) is 5.24. The number of methoxy groups -OCH3 is 1. The zero-order valence-corrected chi connectivity index (χ0v) is 14.5. The average Bonchev–Trinajstić information content (AvgIpc) is 2.58. The zero-order chi connectivity index (χ0) is 18.4. The summed E-state index contributed by atoms with van der Waals surface area (Å²) in [5, 5.41) is 20.1. The Hall–Kier alpha value is -3.08. The molecule has 0 saturated heterocycles. The molecule has 2 rings (SSSR count). The van der Waals surface area contributed by atoms with Crippen LogP contribution in [-0.4, -0.2) is 28.3 Å². The summed E-state index contributed by atoms with van der Waals surface area (Å²) in [4.78, 5) is 15.6. The van der Waals surface area contributed by atoms with Crippen molar-refractivity contribution in [2.24, 2.45) is 0 Å². The van der Waals surface area contributed by atoms with Crippen LogP contribution in [-0.2, 0) is 6.42 Å². The molecule has 2 N–H and O–H groups in total. The summed E-state index contributed by atoms with van der Waals surface area (Å²) >= 11 is 0. The Balaban J connectivity index is 2.56. The van der Waals surface area contributed by atoms with Gasteiger partial charge in [0.25, 0.3) is 0 Å². The number of hydrogen-bond donors (Lipinski definition) is 2. The van der Waals surface area contributed by atoms with Gasteiger partial charge in [0.1, 0.15) is 17.1 Å². The van der Waals surface area contributed by atoms with Crippen molar-refractivity contribution in [2.75, 3.05) is 7.11 Å². The lowest BCUT2D eigenvalue weighted by Gasteiger charge is -2.14. The first-order chi connectivity index (χ1) is 11.9. The maximum Gasteiger partial charge on any atom is 0.340 e. The molecule has 0 saturated carbocycles. The van der Waals surface area contributed by atoms with E-state index < -0.39 is 5.97 Å². The molecular weight excluding hydrogens is 318 g/mol. The number of aromatic carboxylic acids is 1. The van der Waals surface area contributed by atoms with Crippen LogP contribution in [0.25, 0.3) is 12.2 Å². The highest BCUT2D eigenvalue weighted by molar-refractivity contribution is 5.97. The maximum absolute atomic E-state index is 11.7. The van der Waals surface area contributed by atoms with E-state index in [1.807, 2.05) is 19.9 Å². The Morgan fingerprint density at radius 1 is 1.24 bits per heavy atom. The normalized spacial score (nSPS) is 10.7. The number of hydrogen-bond acceptors (Lipinski definition) is 4. The molecule has 0 amide bonds. The first-order valence-electron chi connectivity index (χ1n) is 7.81. The fraction of sp³-hybridized carbons (Fsp3) is 0.200. The van der Waals surface area contributed by atoms with Gasteiger partial charge in [-0.25, -0.2) is 4.79 Å². The van der Waals surface area contributed by atoms with Crippen molar-refractivity contribution in [2.45, 2.75) is 20.3 Å². The highest BCUT2D eigenvalue weighted by Crippen LogP contribution is 2.36. The Morgan fingerprint density at radius 2 is 1.92 bits per heavy atom. The van der Waals surface area contributed by atoms with E-state index in [0.717, 1.165) is 11.1 Å². The second-order valence-corrected chi connectivity index (χ2v) is 5.77. The third-order valence-electron chi connectivity index (χ3n) is 3.71. The largest absolute Gasteiger partial charge is 0.507 e. The Bertz CT molecular complexity index is 819. The van der Waals surface area contributed by atoms with E-state index in [-0.39, 0.29) is 11.3 Å². The van der Waals surface area contributed by atoms with Crippen molar-refractivity contribution in [1.82, 2.24) is 4.98 Å². The lowest BCUT2D eigenvalue weighted by atomic mass is 9.97. The molecule has 0 spiro atoms. The van der Waals surface area contributed by atoms with Gasteiger partial charge in [-0.1, -0.05) is 23.8 Å². The van der Waals surface area contributed by atoms with E-state index in [1.54, 1.807) is 42.7 Å². The number of carboxylic acid groups (broad SMARTS) is 1. The van der Waals surface area contributed by atoms with Crippen molar-refractivity contribution in [3.8, 4) is 11.5 Å². The second-order valence-electron chi connectivity index (χ2n) is 5.77. The average molecular weight is 339 g/mol. The first kappa shape index (κ1) is 18.3. The third-order valence-corrected chi connectivity index (χ3v) is 3.71. The lowest BCUT2D eigenvalue weighted by molar-refractivity contribution is 0.0693. The predicted octanol–water partition coefficient (Wildman–Crippen LogP) is 4.17. The number of rotatable bonds is 6. The monoisotopic (exact) mass is 339 g/mol. The lowest BCUT2D eigenvalue weighted by Crippen LogP contribution is -2.04. The number of ether oxygens (including phenoxy) is 1. The van der Waals surface area contributed by atoms with Crippen molar-refractivity contribution in [3.05, 3.63) is 64.5 Å². The fourth-order valence-electron chi connectivity index (χ4n) is 2.41. The van der Waals surface area contributed by atoms with Gasteiger partial charge in [0.2, 0.25) is 0 Å². The summed E-state index contributed by atoms with van der Waals surface area (Å²) in [5.74, 6) is -0.999.